The van der Waals surface area contributed by atoms with Crippen LogP contribution >= 0.6 is 7.82 Å². The van der Waals surface area contributed by atoms with Crippen molar-refractivity contribution in [3.63, 3.8) is 0 Å². The molecule has 7 atom stereocenters. The van der Waals surface area contributed by atoms with E-state index in [1.54, 1.807) is 6.92 Å². The van der Waals surface area contributed by atoms with E-state index in [0.717, 1.165) is 59.5 Å². The first kappa shape index (κ1) is 53.7. The van der Waals surface area contributed by atoms with Crippen molar-refractivity contribution < 1.29 is 52.4 Å². The Hall–Kier alpha value is -7.07. The van der Waals surface area contributed by atoms with E-state index in [0.29, 0.717) is 18.8 Å². The van der Waals surface area contributed by atoms with Crippen LogP contribution in [0.2, 0.25) is 0 Å². The van der Waals surface area contributed by atoms with Gasteiger partial charge in [0.05, 0.1) is 65.1 Å². The Morgan fingerprint density at radius 1 is 0.579 bits per heavy atom. The molecular formula is C56H55N4O15P. The van der Waals surface area contributed by atoms with Crippen LogP contribution in [0.15, 0.2) is 129 Å². The molecule has 7 aromatic rings. The molecule has 4 heterocycles. The highest BCUT2D eigenvalue weighted by Crippen LogP contribution is 2.44. The SMILES string of the molecule is Cc1cn([C@H]2C[C@H](O)[C@@H](COCCOCc3ccc(C#Cc4cccc(C#Cc5ccc(COCCOP(=O)(O)OC[C@H]6O[C@@H](n7cc(C)c(=O)[nH]c7=O)C[C@@H]6O)c6ccccc56)c4)c4ccccc34)O2)c(=O)[nH]c1=O. The lowest BCUT2D eigenvalue weighted by molar-refractivity contribution is -0.0709. The number of nitrogens with one attached hydrogen (secondary N) is 2. The van der Waals surface area contributed by atoms with Gasteiger partial charge in [-0.05, 0) is 76.9 Å². The smallest absolute Gasteiger partial charge is 0.390 e. The number of H-pyrrole nitrogens is 2. The number of benzene rings is 5. The highest BCUT2D eigenvalue weighted by atomic mass is 31.2. The van der Waals surface area contributed by atoms with E-state index in [1.807, 2.05) is 97.1 Å². The molecular weight excluding hydrogens is 1000 g/mol. The summed E-state index contributed by atoms with van der Waals surface area (Å²) in [5.74, 6) is 13.3. The lowest BCUT2D eigenvalue weighted by Crippen LogP contribution is -2.33. The van der Waals surface area contributed by atoms with Crippen molar-refractivity contribution in [2.75, 3.05) is 39.6 Å². The van der Waals surface area contributed by atoms with E-state index >= 15 is 0 Å². The fourth-order valence-corrected chi connectivity index (χ4v) is 9.63. The van der Waals surface area contributed by atoms with Gasteiger partial charge in [-0.1, -0.05) is 90.4 Å². The van der Waals surface area contributed by atoms with E-state index in [-0.39, 0.29) is 51.4 Å². The van der Waals surface area contributed by atoms with Gasteiger partial charge in [0.2, 0.25) is 0 Å². The molecule has 394 valence electrons. The second-order valence-corrected chi connectivity index (χ2v) is 19.8. The third kappa shape index (κ3) is 13.1. The monoisotopic (exact) mass is 1050 g/mol. The molecule has 5 aromatic carbocycles. The quantitative estimate of drug-likeness (QED) is 0.0431. The number of fused-ring (bicyclic) bond motifs is 2. The van der Waals surface area contributed by atoms with Crippen molar-refractivity contribution in [2.45, 2.75) is 76.8 Å². The fourth-order valence-electron chi connectivity index (χ4n) is 8.92. The first-order chi connectivity index (χ1) is 36.7. The highest BCUT2D eigenvalue weighted by Gasteiger charge is 2.38. The number of ether oxygens (including phenoxy) is 5. The van der Waals surface area contributed by atoms with E-state index in [2.05, 4.69) is 33.6 Å². The first-order valence-electron chi connectivity index (χ1n) is 24.5. The second kappa shape index (κ2) is 24.3. The van der Waals surface area contributed by atoms with Crippen LogP contribution in [-0.2, 0) is 50.5 Å². The Kier molecular flexibility index (Phi) is 17.2. The van der Waals surface area contributed by atoms with E-state index in [4.69, 9.17) is 32.7 Å². The molecule has 0 spiro atoms. The molecule has 0 amide bonds. The van der Waals surface area contributed by atoms with E-state index in [9.17, 15) is 38.8 Å². The van der Waals surface area contributed by atoms with Gasteiger partial charge in [-0.15, -0.1) is 0 Å². The number of aliphatic hydroxyl groups excluding tert-OH is 2. The number of aliphatic hydroxyl groups is 2. The minimum absolute atomic E-state index is 0.00133. The van der Waals surface area contributed by atoms with Gasteiger partial charge in [0, 0.05) is 58.6 Å². The van der Waals surface area contributed by atoms with E-state index in [1.165, 1.54) is 23.9 Å². The minimum atomic E-state index is -4.56. The van der Waals surface area contributed by atoms with Crippen LogP contribution in [0, 0.1) is 37.5 Å². The standard InChI is InChI=1S/C56H55N4O15P/c1-35-29-59(55(65)57-53(35)63)51-27-47(61)49(74-51)33-71-23-22-69-31-41-20-18-39(43-10-3-5-12-45(41)43)16-14-37-8-7-9-38(26-37)15-17-40-19-21-42(46-13-6-4-11-44(40)46)32-70-24-25-72-76(67,68)73-34-50-48(62)28-52(75-50)60-30-36(2)54(64)58-56(60)66/h3-13,18-21,26,29-30,47-52,61-62H,22-25,27-28,31-34H2,1-2H3,(H,67,68)(H,57,63,65)(H,58,64,66)/t47-,48-,49+,50+,51+,52+/m0/s1. The summed E-state index contributed by atoms with van der Waals surface area (Å²) in [5, 5.41) is 24.9. The van der Waals surface area contributed by atoms with Crippen molar-refractivity contribution in [1.29, 1.82) is 0 Å². The fraction of sp³-hybridized carbons (Fsp3) is 0.321. The number of nitrogens with zero attached hydrogens (tertiary/aromatic N) is 2. The molecule has 0 aliphatic carbocycles. The molecule has 0 radical (unpaired) electrons. The summed E-state index contributed by atoms with van der Waals surface area (Å²) in [4.78, 5) is 62.8. The summed E-state index contributed by atoms with van der Waals surface area (Å²) in [6.45, 7) is 3.55. The number of aryl methyl sites for hydroxylation is 2. The van der Waals surface area contributed by atoms with Gasteiger partial charge in [-0.3, -0.25) is 37.7 Å². The van der Waals surface area contributed by atoms with Crippen molar-refractivity contribution in [1.82, 2.24) is 19.1 Å². The number of hydrogen-bond acceptors (Lipinski definition) is 14. The molecule has 2 saturated heterocycles. The average Bonchev–Trinajstić information content (AvgIpc) is 3.98. The zero-order valence-electron chi connectivity index (χ0n) is 41.5. The summed E-state index contributed by atoms with van der Waals surface area (Å²) in [6.07, 6.45) is -2.30. The Balaban J connectivity index is 0.742. The van der Waals surface area contributed by atoms with Crippen molar-refractivity contribution in [3.05, 3.63) is 196 Å². The third-order valence-electron chi connectivity index (χ3n) is 12.9. The molecule has 2 aromatic heterocycles. The number of rotatable bonds is 18. The predicted octanol–water partition coefficient (Wildman–Crippen LogP) is 4.99. The van der Waals surface area contributed by atoms with Gasteiger partial charge in [0.15, 0.2) is 0 Å². The molecule has 1 unspecified atom stereocenters. The molecule has 2 aliphatic rings. The van der Waals surface area contributed by atoms with Crippen LogP contribution in [0.5, 0.6) is 0 Å². The Morgan fingerprint density at radius 2 is 1.04 bits per heavy atom. The van der Waals surface area contributed by atoms with Crippen molar-refractivity contribution >= 4 is 29.4 Å². The number of hydrogen-bond donors (Lipinski definition) is 5. The normalized spacial score (nSPS) is 20.0. The number of aromatic amines is 2. The van der Waals surface area contributed by atoms with E-state index < -0.39 is 73.8 Å². The van der Waals surface area contributed by atoms with Crippen LogP contribution in [0.3, 0.4) is 0 Å². The third-order valence-corrected chi connectivity index (χ3v) is 13.9. The van der Waals surface area contributed by atoms with Crippen LogP contribution < -0.4 is 22.5 Å². The van der Waals surface area contributed by atoms with Crippen LogP contribution in [0.25, 0.3) is 21.5 Å². The van der Waals surface area contributed by atoms with Crippen LogP contribution in [-0.4, -0.2) is 98.3 Å². The Labute approximate surface area is 435 Å². The summed E-state index contributed by atoms with van der Waals surface area (Å²) >= 11 is 0. The van der Waals surface area contributed by atoms with Crippen LogP contribution in [0.4, 0.5) is 0 Å². The molecule has 9 rings (SSSR count). The number of phosphoric ester groups is 1. The zero-order chi connectivity index (χ0) is 53.3. The molecule has 76 heavy (non-hydrogen) atoms. The molecule has 0 bridgehead atoms. The van der Waals surface area contributed by atoms with Crippen molar-refractivity contribution in [2.24, 2.45) is 0 Å². The van der Waals surface area contributed by atoms with Gasteiger partial charge in [-0.2, -0.15) is 0 Å². The first-order valence-corrected chi connectivity index (χ1v) is 26.0. The Bertz CT molecular complexity index is 3680. The minimum Gasteiger partial charge on any atom is -0.390 e. The Morgan fingerprint density at radius 3 is 1.55 bits per heavy atom. The molecule has 2 fully saturated rings. The van der Waals surface area contributed by atoms with Gasteiger partial charge < -0.3 is 38.8 Å². The topological polar surface area (TPSA) is 252 Å². The lowest BCUT2D eigenvalue weighted by atomic mass is 9.99. The summed E-state index contributed by atoms with van der Waals surface area (Å²) in [5.41, 5.74) is 3.48. The maximum Gasteiger partial charge on any atom is 0.472 e. The highest BCUT2D eigenvalue weighted by molar-refractivity contribution is 7.47. The number of phosphoric acid groups is 1. The molecule has 0 saturated carbocycles. The van der Waals surface area contributed by atoms with Gasteiger partial charge >= 0.3 is 19.2 Å². The largest absolute Gasteiger partial charge is 0.472 e. The maximum atomic E-state index is 12.6. The average molecular weight is 1060 g/mol. The summed E-state index contributed by atoms with van der Waals surface area (Å²) in [7, 11) is -4.56. The molecule has 5 N–H and O–H groups in total. The van der Waals surface area contributed by atoms with Gasteiger partial charge in [-0.25, -0.2) is 14.2 Å². The number of aromatic nitrogens is 4. The second-order valence-electron chi connectivity index (χ2n) is 18.3. The predicted molar refractivity (Wildman–Crippen MR) is 279 cm³/mol. The maximum absolute atomic E-state index is 12.6. The lowest BCUT2D eigenvalue weighted by Gasteiger charge is -2.18. The molecule has 2 aliphatic heterocycles. The van der Waals surface area contributed by atoms with Gasteiger partial charge in [0.25, 0.3) is 11.1 Å². The van der Waals surface area contributed by atoms with Gasteiger partial charge in [0.1, 0.15) is 24.7 Å². The summed E-state index contributed by atoms with van der Waals surface area (Å²) in [6, 6.07) is 31.4. The molecule has 19 nitrogen and oxygen atoms in total. The zero-order valence-corrected chi connectivity index (χ0v) is 42.4. The summed E-state index contributed by atoms with van der Waals surface area (Å²) < 4.78 is 54.4. The molecule has 20 heteroatoms. The van der Waals surface area contributed by atoms with Crippen LogP contribution in [0.1, 0.15) is 69.8 Å². The van der Waals surface area contributed by atoms with Crippen molar-refractivity contribution in [3.8, 4) is 23.7 Å².